The van der Waals surface area contributed by atoms with Crippen LogP contribution in [0.25, 0.3) is 5.52 Å². The number of aromatic amines is 1. The summed E-state index contributed by atoms with van der Waals surface area (Å²) in [7, 11) is -3.03. The quantitative estimate of drug-likeness (QED) is 0.202. The minimum Gasteiger partial charge on any atom is -0.384 e. The molecule has 14 heteroatoms. The third kappa shape index (κ3) is 4.94. The summed E-state index contributed by atoms with van der Waals surface area (Å²) in [5.74, 6) is 0. The Bertz CT molecular complexity index is 1550. The van der Waals surface area contributed by atoms with Crippen LogP contribution in [-0.4, -0.2) is 57.1 Å². The predicted octanol–water partition coefficient (Wildman–Crippen LogP) is 2.15. The number of hydrogen-bond acceptors (Lipinski definition) is 9. The van der Waals surface area contributed by atoms with E-state index >= 15 is 0 Å². The highest BCUT2D eigenvalue weighted by Gasteiger charge is 2.26. The number of sulfonamides is 1. The standard InChI is InChI=1S/C21H19N9O4S/c1-28(26-11-16-12-27-29-7-5-15(10-22)8-20(16)29)35(33,34)21-9-18(30(31)32)2-3-19(21)24-6-4-17-13-23-14-25-17/h2-3,5,7-9,11-14,24H,4,6H2,1H3,(H,23,25)/b26-11-. The number of aromatic nitrogens is 4. The van der Waals surface area contributed by atoms with Crippen LogP contribution in [0.15, 0.2) is 65.2 Å². The number of H-pyrrole nitrogens is 1. The molecule has 0 saturated carbocycles. The highest BCUT2D eigenvalue weighted by atomic mass is 32.2. The lowest BCUT2D eigenvalue weighted by molar-refractivity contribution is -0.385. The van der Waals surface area contributed by atoms with Gasteiger partial charge < -0.3 is 10.3 Å². The normalized spacial score (nSPS) is 11.5. The van der Waals surface area contributed by atoms with E-state index in [0.29, 0.717) is 29.6 Å². The Kier molecular flexibility index (Phi) is 6.42. The van der Waals surface area contributed by atoms with E-state index in [9.17, 15) is 18.5 Å². The van der Waals surface area contributed by atoms with Crippen molar-refractivity contribution in [2.45, 2.75) is 11.3 Å². The summed E-state index contributed by atoms with van der Waals surface area (Å²) in [5, 5.41) is 31.6. The molecule has 0 fully saturated rings. The fraction of sp³-hybridized carbons (Fsp3) is 0.143. The molecule has 0 aliphatic heterocycles. The topological polar surface area (TPSA) is 175 Å². The molecule has 0 radical (unpaired) electrons. The zero-order chi connectivity index (χ0) is 25.0. The first-order valence-electron chi connectivity index (χ1n) is 10.2. The van der Waals surface area contributed by atoms with Crippen LogP contribution in [0.1, 0.15) is 16.8 Å². The number of nitro groups is 1. The molecule has 0 saturated heterocycles. The second kappa shape index (κ2) is 9.61. The van der Waals surface area contributed by atoms with E-state index in [1.165, 1.54) is 42.4 Å². The van der Waals surface area contributed by atoms with E-state index in [0.717, 1.165) is 16.2 Å². The predicted molar refractivity (Wildman–Crippen MR) is 126 cm³/mol. The van der Waals surface area contributed by atoms with Crippen LogP contribution < -0.4 is 5.32 Å². The summed E-state index contributed by atoms with van der Waals surface area (Å²) in [6, 6.07) is 8.81. The van der Waals surface area contributed by atoms with Gasteiger partial charge in [0, 0.05) is 55.8 Å². The lowest BCUT2D eigenvalue weighted by Gasteiger charge is -2.17. The SMILES string of the molecule is CN(/N=C\c1cnn2ccc(C#N)cc12)S(=O)(=O)c1cc([N+](=O)[O-])ccc1NCCc1cnc[nH]1. The number of nitriles is 1. The van der Waals surface area contributed by atoms with Gasteiger partial charge in [0.2, 0.25) is 0 Å². The number of hydrogen-bond donors (Lipinski definition) is 2. The van der Waals surface area contributed by atoms with Gasteiger partial charge in [0.15, 0.2) is 0 Å². The van der Waals surface area contributed by atoms with E-state index in [2.05, 4.69) is 25.5 Å². The minimum absolute atomic E-state index is 0.201. The van der Waals surface area contributed by atoms with Crippen LogP contribution in [0.4, 0.5) is 11.4 Å². The van der Waals surface area contributed by atoms with Crippen molar-refractivity contribution in [1.82, 2.24) is 24.0 Å². The average Bonchev–Trinajstić information content (AvgIpc) is 3.52. The molecule has 13 nitrogen and oxygen atoms in total. The summed E-state index contributed by atoms with van der Waals surface area (Å²) in [6.07, 6.45) is 8.10. The molecule has 35 heavy (non-hydrogen) atoms. The Morgan fingerprint density at radius 3 is 2.89 bits per heavy atom. The molecule has 3 heterocycles. The maximum Gasteiger partial charge on any atom is 0.281 e. The van der Waals surface area contributed by atoms with Crippen molar-refractivity contribution in [2.24, 2.45) is 5.10 Å². The molecular weight excluding hydrogens is 474 g/mol. The summed E-state index contributed by atoms with van der Waals surface area (Å²) >= 11 is 0. The Morgan fingerprint density at radius 1 is 1.34 bits per heavy atom. The van der Waals surface area contributed by atoms with Gasteiger partial charge in [-0.2, -0.15) is 28.3 Å². The molecule has 178 valence electrons. The van der Waals surface area contributed by atoms with E-state index in [1.807, 2.05) is 6.07 Å². The van der Waals surface area contributed by atoms with Crippen molar-refractivity contribution >= 4 is 33.1 Å². The molecule has 4 aromatic rings. The van der Waals surface area contributed by atoms with Crippen LogP contribution in [0.2, 0.25) is 0 Å². The van der Waals surface area contributed by atoms with Crippen LogP contribution in [-0.2, 0) is 16.4 Å². The molecule has 1 aromatic carbocycles. The molecule has 0 atom stereocenters. The lowest BCUT2D eigenvalue weighted by atomic mass is 10.2. The zero-order valence-electron chi connectivity index (χ0n) is 18.4. The van der Waals surface area contributed by atoms with Crippen molar-refractivity contribution in [3.63, 3.8) is 0 Å². The maximum atomic E-state index is 13.3. The van der Waals surface area contributed by atoms with Crippen LogP contribution >= 0.6 is 0 Å². The highest BCUT2D eigenvalue weighted by molar-refractivity contribution is 7.89. The van der Waals surface area contributed by atoms with Gasteiger partial charge >= 0.3 is 0 Å². The molecule has 0 amide bonds. The number of pyridine rings is 1. The van der Waals surface area contributed by atoms with E-state index < -0.39 is 14.9 Å². The Morgan fingerprint density at radius 2 is 2.17 bits per heavy atom. The van der Waals surface area contributed by atoms with Gasteiger partial charge in [-0.05, 0) is 18.2 Å². The van der Waals surface area contributed by atoms with E-state index in [1.54, 1.807) is 24.5 Å². The van der Waals surface area contributed by atoms with Crippen molar-refractivity contribution in [3.8, 4) is 6.07 Å². The minimum atomic E-state index is -4.26. The van der Waals surface area contributed by atoms with Crippen molar-refractivity contribution in [3.05, 3.63) is 82.2 Å². The van der Waals surface area contributed by atoms with Gasteiger partial charge in [-0.1, -0.05) is 0 Å². The van der Waals surface area contributed by atoms with Crippen LogP contribution in [0.5, 0.6) is 0 Å². The Balaban J connectivity index is 1.62. The van der Waals surface area contributed by atoms with Crippen LogP contribution in [0, 0.1) is 21.4 Å². The third-order valence-corrected chi connectivity index (χ3v) is 6.79. The number of non-ortho nitro benzene ring substituents is 1. The number of nitrogens with zero attached hydrogens (tertiary/aromatic N) is 7. The Labute approximate surface area is 199 Å². The number of hydrazone groups is 1. The van der Waals surface area contributed by atoms with Gasteiger partial charge in [-0.25, -0.2) is 9.50 Å². The molecule has 3 aromatic heterocycles. The number of fused-ring (bicyclic) bond motifs is 1. The highest BCUT2D eigenvalue weighted by Crippen LogP contribution is 2.29. The van der Waals surface area contributed by atoms with Gasteiger partial charge in [-0.3, -0.25) is 10.1 Å². The number of nitro benzene ring substituents is 1. The van der Waals surface area contributed by atoms with Crippen LogP contribution in [0.3, 0.4) is 0 Å². The number of anilines is 1. The number of imidazole rings is 1. The fourth-order valence-corrected chi connectivity index (χ4v) is 4.40. The molecule has 0 aliphatic carbocycles. The largest absolute Gasteiger partial charge is 0.384 e. The third-order valence-electron chi connectivity index (χ3n) is 5.11. The molecule has 0 bridgehead atoms. The smallest absolute Gasteiger partial charge is 0.281 e. The van der Waals surface area contributed by atoms with Crippen molar-refractivity contribution in [1.29, 1.82) is 5.26 Å². The second-order valence-corrected chi connectivity index (χ2v) is 9.25. The summed E-state index contributed by atoms with van der Waals surface area (Å²) in [6.45, 7) is 0.360. The molecule has 4 rings (SSSR count). The molecule has 0 aliphatic rings. The summed E-state index contributed by atoms with van der Waals surface area (Å²) in [4.78, 5) is 17.2. The van der Waals surface area contributed by atoms with Gasteiger partial charge in [0.05, 0.1) is 46.5 Å². The number of nitrogens with one attached hydrogen (secondary N) is 2. The molecule has 2 N–H and O–H groups in total. The lowest BCUT2D eigenvalue weighted by Crippen LogP contribution is -2.23. The van der Waals surface area contributed by atoms with Crippen molar-refractivity contribution in [2.75, 3.05) is 18.9 Å². The van der Waals surface area contributed by atoms with Gasteiger partial charge in [-0.15, -0.1) is 0 Å². The second-order valence-electron chi connectivity index (χ2n) is 7.33. The zero-order valence-corrected chi connectivity index (χ0v) is 19.2. The summed E-state index contributed by atoms with van der Waals surface area (Å²) < 4.78 is 28.9. The molecule has 0 spiro atoms. The first-order valence-corrected chi connectivity index (χ1v) is 11.6. The summed E-state index contributed by atoms with van der Waals surface area (Å²) in [5.41, 5.74) is 2.14. The van der Waals surface area contributed by atoms with Gasteiger partial charge in [0.1, 0.15) is 4.90 Å². The monoisotopic (exact) mass is 493 g/mol. The molecular formula is C21H19N9O4S. The van der Waals surface area contributed by atoms with E-state index in [-0.39, 0.29) is 16.3 Å². The van der Waals surface area contributed by atoms with Gasteiger partial charge in [0.25, 0.3) is 15.7 Å². The first-order chi connectivity index (χ1) is 16.8. The van der Waals surface area contributed by atoms with E-state index in [4.69, 9.17) is 5.26 Å². The fourth-order valence-electron chi connectivity index (χ4n) is 3.25. The number of rotatable bonds is 9. The number of benzene rings is 1. The Hall–Kier alpha value is -4.77. The maximum absolute atomic E-state index is 13.3. The first kappa shape index (κ1) is 23.4. The average molecular weight is 494 g/mol. The van der Waals surface area contributed by atoms with Crippen molar-refractivity contribution < 1.29 is 13.3 Å². The molecule has 0 unspecified atom stereocenters.